The highest BCUT2D eigenvalue weighted by molar-refractivity contribution is 7.91. The minimum Gasteiger partial charge on any atom is -0.308 e. The second kappa shape index (κ2) is 9.75. The van der Waals surface area contributed by atoms with Crippen LogP contribution in [-0.2, 0) is 24.7 Å². The molecule has 1 N–H and O–H groups in total. The lowest BCUT2D eigenvalue weighted by molar-refractivity contribution is -0.133. The zero-order valence-electron chi connectivity index (χ0n) is 18.9. The lowest BCUT2D eigenvalue weighted by Gasteiger charge is -2.36. The molecular formula is C24H21Cl2FN2O5S2. The van der Waals surface area contributed by atoms with Gasteiger partial charge in [-0.15, -0.1) is 0 Å². The summed E-state index contributed by atoms with van der Waals surface area (Å²) in [7, 11) is -8.21. The van der Waals surface area contributed by atoms with Gasteiger partial charge >= 0.3 is 0 Å². The van der Waals surface area contributed by atoms with Crippen LogP contribution >= 0.6 is 23.2 Å². The summed E-state index contributed by atoms with van der Waals surface area (Å²) < 4.78 is 68.6. The highest BCUT2D eigenvalue weighted by Gasteiger charge is 2.48. The number of halogens is 3. The molecule has 7 nitrogen and oxygen atoms in total. The van der Waals surface area contributed by atoms with Crippen LogP contribution in [0.5, 0.6) is 0 Å². The topological polar surface area (TPSA) is 101 Å². The van der Waals surface area contributed by atoms with Crippen LogP contribution in [-0.4, -0.2) is 41.3 Å². The zero-order chi connectivity index (χ0) is 26.3. The summed E-state index contributed by atoms with van der Waals surface area (Å²) in [5.74, 6) is -4.10. The molecule has 1 aliphatic rings. The molecule has 0 saturated carbocycles. The third-order valence-electron chi connectivity index (χ3n) is 5.75. The fourth-order valence-corrected chi connectivity index (χ4v) is 6.54. The van der Waals surface area contributed by atoms with Gasteiger partial charge in [-0.1, -0.05) is 59.6 Å². The molecule has 1 unspecified atom stereocenters. The third kappa shape index (κ3) is 5.28. The van der Waals surface area contributed by atoms with Crippen molar-refractivity contribution in [3.8, 4) is 11.1 Å². The predicted octanol–water partition coefficient (Wildman–Crippen LogP) is 4.84. The first kappa shape index (κ1) is 26.6. The number of anilines is 1. The Hall–Kier alpha value is -2.50. The van der Waals surface area contributed by atoms with E-state index < -0.39 is 38.0 Å². The largest absolute Gasteiger partial charge is 0.308 e. The normalized spacial score (nSPS) is 18.9. The molecule has 1 amide bonds. The van der Waals surface area contributed by atoms with Crippen LogP contribution in [0.2, 0.25) is 10.0 Å². The molecule has 0 spiro atoms. The molecule has 3 aromatic carbocycles. The van der Waals surface area contributed by atoms with Gasteiger partial charge in [0.15, 0.2) is 9.84 Å². The van der Waals surface area contributed by atoms with E-state index in [1.165, 1.54) is 18.2 Å². The van der Waals surface area contributed by atoms with Crippen molar-refractivity contribution in [3.05, 3.63) is 76.8 Å². The Balaban J connectivity index is 1.69. The minimum absolute atomic E-state index is 0.0366. The van der Waals surface area contributed by atoms with E-state index in [9.17, 15) is 21.6 Å². The zero-order valence-corrected chi connectivity index (χ0v) is 22.1. The summed E-state index contributed by atoms with van der Waals surface area (Å²) in [5.41, 5.74) is 1.22. The number of sulfonamides is 1. The molecule has 36 heavy (non-hydrogen) atoms. The van der Waals surface area contributed by atoms with Crippen molar-refractivity contribution in [2.75, 3.05) is 17.7 Å². The SMILES string of the molecule is CS(=O)(=O)c1cc(N2CCCC(F)(NS(=O)(=O)c3ccc(Cl)c(Cl)c3)C2=O)ccc1-c1ccccc1. The average Bonchev–Trinajstić information content (AvgIpc) is 2.82. The van der Waals surface area contributed by atoms with E-state index in [-0.39, 0.29) is 38.5 Å². The fourth-order valence-electron chi connectivity index (χ4n) is 4.00. The lowest BCUT2D eigenvalue weighted by atomic mass is 10.0. The van der Waals surface area contributed by atoms with Crippen LogP contribution in [0.1, 0.15) is 12.8 Å². The van der Waals surface area contributed by atoms with Crippen molar-refractivity contribution in [2.45, 2.75) is 28.4 Å². The number of alkyl halides is 1. The molecule has 1 saturated heterocycles. The van der Waals surface area contributed by atoms with Crippen LogP contribution in [0.15, 0.2) is 76.5 Å². The molecule has 1 aliphatic heterocycles. The third-order valence-corrected chi connectivity index (χ3v) is 9.09. The second-order valence-electron chi connectivity index (χ2n) is 8.36. The van der Waals surface area contributed by atoms with E-state index in [0.717, 1.165) is 23.3 Å². The number of benzene rings is 3. The van der Waals surface area contributed by atoms with E-state index in [0.29, 0.717) is 11.1 Å². The number of sulfone groups is 1. The maximum atomic E-state index is 15.9. The maximum absolute atomic E-state index is 15.9. The number of amides is 1. The molecule has 1 heterocycles. The average molecular weight is 571 g/mol. The monoisotopic (exact) mass is 570 g/mol. The smallest absolute Gasteiger partial charge is 0.280 e. The summed E-state index contributed by atoms with van der Waals surface area (Å²) in [6.07, 6.45) is 0.770. The van der Waals surface area contributed by atoms with E-state index >= 15 is 4.39 Å². The molecule has 1 atom stereocenters. The molecule has 0 aliphatic carbocycles. The maximum Gasteiger partial charge on any atom is 0.280 e. The van der Waals surface area contributed by atoms with Gasteiger partial charge in [0, 0.05) is 30.5 Å². The number of piperidine rings is 1. The van der Waals surface area contributed by atoms with Crippen molar-refractivity contribution in [2.24, 2.45) is 0 Å². The first-order chi connectivity index (χ1) is 16.8. The number of carbonyl (C=O) groups is 1. The Bertz CT molecular complexity index is 1550. The van der Waals surface area contributed by atoms with E-state index in [1.807, 2.05) is 4.72 Å². The quantitative estimate of drug-likeness (QED) is 0.427. The molecule has 1 fully saturated rings. The van der Waals surface area contributed by atoms with Gasteiger partial charge in [0.1, 0.15) is 0 Å². The predicted molar refractivity (Wildman–Crippen MR) is 137 cm³/mol. The first-order valence-electron chi connectivity index (χ1n) is 10.7. The van der Waals surface area contributed by atoms with Gasteiger partial charge in [0.05, 0.1) is 19.8 Å². The number of hydrogen-bond acceptors (Lipinski definition) is 5. The Morgan fingerprint density at radius 2 is 1.64 bits per heavy atom. The standard InChI is InChI=1S/C24H21Cl2FN2O5S2/c1-35(31,32)22-14-17(8-10-19(22)16-6-3-2-4-7-16)29-13-5-12-24(27,23(29)30)28-36(33,34)18-9-11-20(25)21(26)15-18/h2-4,6-11,14-15,28H,5,12-13H2,1H3. The van der Waals surface area contributed by atoms with Gasteiger partial charge in [-0.25, -0.2) is 21.2 Å². The van der Waals surface area contributed by atoms with Gasteiger partial charge in [0.2, 0.25) is 10.0 Å². The summed E-state index contributed by atoms with van der Waals surface area (Å²) in [6.45, 7) is 0.0763. The molecule has 4 rings (SSSR count). The lowest BCUT2D eigenvalue weighted by Crippen LogP contribution is -2.60. The highest BCUT2D eigenvalue weighted by atomic mass is 35.5. The van der Waals surface area contributed by atoms with Crippen molar-refractivity contribution >= 4 is 54.7 Å². The molecule has 0 radical (unpaired) electrons. The fraction of sp³-hybridized carbons (Fsp3) is 0.208. The highest BCUT2D eigenvalue weighted by Crippen LogP contribution is 2.35. The van der Waals surface area contributed by atoms with Gasteiger partial charge in [-0.05, 0) is 42.3 Å². The number of nitrogens with zero attached hydrogens (tertiary/aromatic N) is 1. The number of rotatable bonds is 6. The van der Waals surface area contributed by atoms with Gasteiger partial charge in [-0.3, -0.25) is 4.79 Å². The van der Waals surface area contributed by atoms with Gasteiger partial charge in [-0.2, -0.15) is 4.72 Å². The number of carbonyl (C=O) groups excluding carboxylic acids is 1. The molecule has 12 heteroatoms. The van der Waals surface area contributed by atoms with Gasteiger partial charge < -0.3 is 4.90 Å². The molecule has 190 valence electrons. The Morgan fingerprint density at radius 3 is 2.28 bits per heavy atom. The van der Waals surface area contributed by atoms with Crippen molar-refractivity contribution in [1.29, 1.82) is 0 Å². The summed E-state index contributed by atoms with van der Waals surface area (Å²) >= 11 is 11.7. The minimum atomic E-state index is -4.48. The summed E-state index contributed by atoms with van der Waals surface area (Å²) in [6, 6.07) is 16.6. The van der Waals surface area contributed by atoms with Crippen LogP contribution in [0.25, 0.3) is 11.1 Å². The summed E-state index contributed by atoms with van der Waals surface area (Å²) in [5, 5.41) is 0.0713. The van der Waals surface area contributed by atoms with Crippen LogP contribution < -0.4 is 9.62 Å². The van der Waals surface area contributed by atoms with Crippen molar-refractivity contribution in [1.82, 2.24) is 4.72 Å². The van der Waals surface area contributed by atoms with E-state index in [2.05, 4.69) is 0 Å². The first-order valence-corrected chi connectivity index (χ1v) is 14.8. The Morgan fingerprint density at radius 1 is 0.944 bits per heavy atom. The van der Waals surface area contributed by atoms with Crippen molar-refractivity contribution in [3.63, 3.8) is 0 Å². The summed E-state index contributed by atoms with van der Waals surface area (Å²) in [4.78, 5) is 13.9. The Labute approximate surface area is 218 Å². The van der Waals surface area contributed by atoms with Crippen LogP contribution in [0, 0.1) is 0 Å². The van der Waals surface area contributed by atoms with E-state index in [4.69, 9.17) is 23.2 Å². The molecular weight excluding hydrogens is 550 g/mol. The number of hydrogen-bond donors (Lipinski definition) is 1. The van der Waals surface area contributed by atoms with E-state index in [1.54, 1.807) is 36.4 Å². The number of nitrogens with one attached hydrogen (secondary N) is 1. The van der Waals surface area contributed by atoms with Gasteiger partial charge in [0.25, 0.3) is 11.7 Å². The second-order valence-corrected chi connectivity index (χ2v) is 12.8. The van der Waals surface area contributed by atoms with Crippen molar-refractivity contribution < 1.29 is 26.0 Å². The molecule has 0 bridgehead atoms. The Kier molecular flexibility index (Phi) is 7.20. The van der Waals surface area contributed by atoms with Crippen LogP contribution in [0.4, 0.5) is 10.1 Å². The molecule has 0 aromatic heterocycles. The van der Waals surface area contributed by atoms with Crippen LogP contribution in [0.3, 0.4) is 0 Å². The molecule has 3 aromatic rings.